The molecule has 25 heavy (non-hydrogen) atoms. The van der Waals surface area contributed by atoms with Crippen molar-refractivity contribution < 1.29 is 9.72 Å². The average molecular weight is 354 g/mol. The molecule has 8 heteroatoms. The highest BCUT2D eigenvalue weighted by molar-refractivity contribution is 7.22. The maximum absolute atomic E-state index is 11.9. The van der Waals surface area contributed by atoms with Crippen molar-refractivity contribution in [3.05, 3.63) is 46.0 Å². The van der Waals surface area contributed by atoms with Crippen LogP contribution in [0.25, 0.3) is 21.6 Å². The minimum Gasteiger partial charge on any atom is -0.302 e. The number of thiazole rings is 1. The third kappa shape index (κ3) is 3.08. The number of nitro benzene ring substituents is 1. The van der Waals surface area contributed by atoms with E-state index < -0.39 is 4.92 Å². The molecule has 0 spiro atoms. The molecule has 1 aliphatic rings. The highest BCUT2D eigenvalue weighted by Crippen LogP contribution is 2.33. The van der Waals surface area contributed by atoms with Crippen molar-refractivity contribution in [1.29, 1.82) is 0 Å². The molecule has 2 aromatic heterocycles. The number of aromatic nitrogens is 2. The minimum atomic E-state index is -0.417. The molecule has 0 radical (unpaired) electrons. The maximum atomic E-state index is 11.9. The first-order valence-electron chi connectivity index (χ1n) is 7.85. The van der Waals surface area contributed by atoms with Gasteiger partial charge in [0.15, 0.2) is 5.13 Å². The van der Waals surface area contributed by atoms with Crippen molar-refractivity contribution in [2.75, 3.05) is 5.32 Å². The predicted octanol–water partition coefficient (Wildman–Crippen LogP) is 3.92. The van der Waals surface area contributed by atoms with Gasteiger partial charge in [-0.2, -0.15) is 0 Å². The van der Waals surface area contributed by atoms with E-state index in [1.165, 1.54) is 23.5 Å². The summed E-state index contributed by atoms with van der Waals surface area (Å²) in [5.41, 5.74) is 3.00. The molecule has 0 atom stereocenters. The monoisotopic (exact) mass is 354 g/mol. The lowest BCUT2D eigenvalue weighted by Crippen LogP contribution is -2.12. The molecular weight excluding hydrogens is 340 g/mol. The van der Waals surface area contributed by atoms with Crippen LogP contribution in [0.4, 0.5) is 10.8 Å². The van der Waals surface area contributed by atoms with E-state index in [1.54, 1.807) is 12.1 Å². The van der Waals surface area contributed by atoms with E-state index in [9.17, 15) is 14.9 Å². The van der Waals surface area contributed by atoms with Crippen LogP contribution in [0.15, 0.2) is 30.3 Å². The topological polar surface area (TPSA) is 98.0 Å². The quantitative estimate of drug-likeness (QED) is 0.565. The minimum absolute atomic E-state index is 0.00816. The molecule has 7 nitrogen and oxygen atoms in total. The van der Waals surface area contributed by atoms with Crippen molar-refractivity contribution in [1.82, 2.24) is 9.97 Å². The van der Waals surface area contributed by atoms with Gasteiger partial charge in [-0.3, -0.25) is 14.9 Å². The van der Waals surface area contributed by atoms with Gasteiger partial charge in [0.25, 0.3) is 5.69 Å². The molecule has 0 unspecified atom stereocenters. The van der Waals surface area contributed by atoms with Crippen LogP contribution in [0.3, 0.4) is 0 Å². The summed E-state index contributed by atoms with van der Waals surface area (Å²) in [4.78, 5) is 32.1. The van der Waals surface area contributed by atoms with E-state index in [1.807, 2.05) is 13.0 Å². The van der Waals surface area contributed by atoms with Gasteiger partial charge in [0.05, 0.1) is 10.6 Å². The number of nitro groups is 1. The Morgan fingerprint density at radius 3 is 2.80 bits per heavy atom. The van der Waals surface area contributed by atoms with Crippen LogP contribution in [0.5, 0.6) is 0 Å². The summed E-state index contributed by atoms with van der Waals surface area (Å²) in [6.45, 7) is 1.89. The molecule has 3 aromatic rings. The van der Waals surface area contributed by atoms with Crippen LogP contribution < -0.4 is 5.32 Å². The first-order chi connectivity index (χ1) is 12.0. The van der Waals surface area contributed by atoms with Crippen LogP contribution in [0.2, 0.25) is 0 Å². The van der Waals surface area contributed by atoms with E-state index in [0.29, 0.717) is 26.7 Å². The molecule has 1 amide bonds. The lowest BCUT2D eigenvalue weighted by molar-refractivity contribution is -0.384. The number of pyridine rings is 1. The molecule has 2 heterocycles. The lowest BCUT2D eigenvalue weighted by atomic mass is 10.0. The second-order valence-electron chi connectivity index (χ2n) is 6.06. The number of anilines is 1. The Kier molecular flexibility index (Phi) is 3.69. The fraction of sp³-hybridized carbons (Fsp3) is 0.235. The third-order valence-electron chi connectivity index (χ3n) is 4.14. The van der Waals surface area contributed by atoms with Crippen LogP contribution in [-0.4, -0.2) is 20.8 Å². The van der Waals surface area contributed by atoms with Gasteiger partial charge in [0, 0.05) is 23.6 Å². The predicted molar refractivity (Wildman–Crippen MR) is 95.6 cm³/mol. The summed E-state index contributed by atoms with van der Waals surface area (Å²) >= 11 is 1.31. The van der Waals surface area contributed by atoms with Gasteiger partial charge >= 0.3 is 0 Å². The molecular formula is C17H14N4O3S. The summed E-state index contributed by atoms with van der Waals surface area (Å²) < 4.78 is 0. The van der Waals surface area contributed by atoms with Gasteiger partial charge in [-0.25, -0.2) is 9.97 Å². The number of fused-ring (bicyclic) bond motifs is 1. The number of aryl methyl sites for hydroxylation is 1. The van der Waals surface area contributed by atoms with Gasteiger partial charge in [-0.05, 0) is 37.5 Å². The molecule has 0 aliphatic heterocycles. The Hall–Kier alpha value is -2.87. The van der Waals surface area contributed by atoms with E-state index >= 15 is 0 Å². The third-order valence-corrected chi connectivity index (χ3v) is 5.02. The molecule has 1 fully saturated rings. The lowest BCUT2D eigenvalue weighted by Gasteiger charge is -2.04. The number of hydrogen-bond donors (Lipinski definition) is 1. The Bertz CT molecular complexity index is 1010. The molecule has 0 saturated heterocycles. The summed E-state index contributed by atoms with van der Waals surface area (Å²) in [5.74, 6) is 0.122. The first-order valence-corrected chi connectivity index (χ1v) is 8.67. The molecule has 1 saturated carbocycles. The van der Waals surface area contributed by atoms with Crippen molar-refractivity contribution >= 4 is 38.4 Å². The van der Waals surface area contributed by atoms with Crippen LogP contribution in [0, 0.1) is 23.0 Å². The first kappa shape index (κ1) is 15.6. The van der Waals surface area contributed by atoms with E-state index in [0.717, 1.165) is 18.4 Å². The summed E-state index contributed by atoms with van der Waals surface area (Å²) in [6, 6.07) is 8.34. The highest BCUT2D eigenvalue weighted by atomic mass is 32.1. The van der Waals surface area contributed by atoms with Crippen molar-refractivity contribution in [2.45, 2.75) is 19.8 Å². The Balaban J connectivity index is 1.70. The highest BCUT2D eigenvalue weighted by Gasteiger charge is 2.30. The van der Waals surface area contributed by atoms with Gasteiger partial charge in [-0.1, -0.05) is 17.4 Å². The SMILES string of the molecule is Cc1ccc([N+](=O)[O-])cc1-c1ccc2nc(NC(=O)C3CC3)sc2n1. The molecule has 4 rings (SSSR count). The summed E-state index contributed by atoms with van der Waals surface area (Å²) in [6.07, 6.45) is 1.87. The zero-order chi connectivity index (χ0) is 17.6. The summed E-state index contributed by atoms with van der Waals surface area (Å²) in [5, 5.41) is 14.4. The molecule has 1 N–H and O–H groups in total. The fourth-order valence-corrected chi connectivity index (χ4v) is 3.41. The van der Waals surface area contributed by atoms with Crippen LogP contribution in [0.1, 0.15) is 18.4 Å². The number of non-ortho nitro benzene ring substituents is 1. The van der Waals surface area contributed by atoms with E-state index in [2.05, 4.69) is 15.3 Å². The normalized spacial score (nSPS) is 13.8. The summed E-state index contributed by atoms with van der Waals surface area (Å²) in [7, 11) is 0. The molecule has 126 valence electrons. The number of nitrogens with zero attached hydrogens (tertiary/aromatic N) is 3. The zero-order valence-corrected chi connectivity index (χ0v) is 14.2. The van der Waals surface area contributed by atoms with E-state index in [4.69, 9.17) is 0 Å². The second kappa shape index (κ2) is 5.89. The van der Waals surface area contributed by atoms with Gasteiger partial charge in [-0.15, -0.1) is 0 Å². The number of amides is 1. The number of nitrogens with one attached hydrogen (secondary N) is 1. The Labute approximate surface area is 146 Å². The van der Waals surface area contributed by atoms with Crippen molar-refractivity contribution in [3.8, 4) is 11.3 Å². The second-order valence-corrected chi connectivity index (χ2v) is 7.04. The largest absolute Gasteiger partial charge is 0.302 e. The zero-order valence-electron chi connectivity index (χ0n) is 13.4. The van der Waals surface area contributed by atoms with Gasteiger partial charge in [0.1, 0.15) is 10.3 Å². The van der Waals surface area contributed by atoms with Gasteiger partial charge in [0.2, 0.25) is 5.91 Å². The molecule has 1 aromatic carbocycles. The van der Waals surface area contributed by atoms with Crippen molar-refractivity contribution in [2.24, 2.45) is 5.92 Å². The number of benzene rings is 1. The van der Waals surface area contributed by atoms with Gasteiger partial charge < -0.3 is 5.32 Å². The average Bonchev–Trinajstić information content (AvgIpc) is 3.35. The Morgan fingerprint density at radius 2 is 2.08 bits per heavy atom. The van der Waals surface area contributed by atoms with Crippen LogP contribution in [-0.2, 0) is 4.79 Å². The number of carbonyl (C=O) groups is 1. The number of carbonyl (C=O) groups excluding carboxylic acids is 1. The van der Waals surface area contributed by atoms with Crippen LogP contribution >= 0.6 is 11.3 Å². The molecule has 0 bridgehead atoms. The number of rotatable bonds is 4. The maximum Gasteiger partial charge on any atom is 0.270 e. The van der Waals surface area contributed by atoms with E-state index in [-0.39, 0.29) is 17.5 Å². The smallest absolute Gasteiger partial charge is 0.270 e. The fourth-order valence-electron chi connectivity index (χ4n) is 2.57. The number of hydrogen-bond acceptors (Lipinski definition) is 6. The molecule has 1 aliphatic carbocycles. The van der Waals surface area contributed by atoms with Crippen molar-refractivity contribution in [3.63, 3.8) is 0 Å². The standard InChI is InChI=1S/C17H14N4O3S/c1-9-2-5-11(21(23)24)8-12(9)13-6-7-14-16(18-13)25-17(19-14)20-15(22)10-3-4-10/h2,5-8,10H,3-4H2,1H3,(H,19,20,22). The Morgan fingerprint density at radius 1 is 1.28 bits per heavy atom.